The minimum Gasteiger partial charge on any atom is -0.454 e. The normalized spacial score (nSPS) is 13.0. The first kappa shape index (κ1) is 15.7. The van der Waals surface area contributed by atoms with E-state index in [1.54, 1.807) is 30.5 Å². The van der Waals surface area contributed by atoms with Gasteiger partial charge < -0.3 is 9.47 Å². The maximum atomic E-state index is 11.7. The number of rotatable bonds is 3. The van der Waals surface area contributed by atoms with E-state index in [0.717, 1.165) is 22.4 Å². The molecule has 0 fully saturated rings. The molecule has 3 aromatic rings. The van der Waals surface area contributed by atoms with Crippen molar-refractivity contribution in [2.45, 2.75) is 4.90 Å². The van der Waals surface area contributed by atoms with E-state index in [9.17, 15) is 8.42 Å². The molecule has 0 unspecified atom stereocenters. The van der Waals surface area contributed by atoms with Crippen LogP contribution in [-0.4, -0.2) is 26.5 Å². The number of sulfone groups is 1. The van der Waals surface area contributed by atoms with Crippen molar-refractivity contribution >= 4 is 9.84 Å². The average Bonchev–Trinajstić information content (AvgIpc) is 3.08. The van der Waals surface area contributed by atoms with Crippen molar-refractivity contribution < 1.29 is 17.9 Å². The molecule has 0 saturated carbocycles. The van der Waals surface area contributed by atoms with Gasteiger partial charge in [-0.2, -0.15) is 0 Å². The minimum atomic E-state index is -3.23. The van der Waals surface area contributed by atoms with Crippen LogP contribution in [0.25, 0.3) is 22.4 Å². The SMILES string of the molecule is CS(=O)(=O)c1ccc(-c2cc3c(cc2-c2ccccn2)OCO3)cc1. The topological polar surface area (TPSA) is 65.5 Å². The third kappa shape index (κ3) is 2.96. The Labute approximate surface area is 145 Å². The molecule has 0 radical (unpaired) electrons. The molecule has 1 aliphatic rings. The molecule has 0 spiro atoms. The third-order valence-corrected chi connectivity index (χ3v) is 5.18. The lowest BCUT2D eigenvalue weighted by atomic mass is 9.96. The molecule has 2 aromatic carbocycles. The van der Waals surface area contributed by atoms with Crippen molar-refractivity contribution in [3.8, 4) is 33.9 Å². The number of nitrogens with zero attached hydrogens (tertiary/aromatic N) is 1. The lowest BCUT2D eigenvalue weighted by Gasteiger charge is -2.11. The summed E-state index contributed by atoms with van der Waals surface area (Å²) in [4.78, 5) is 4.71. The molecule has 0 saturated heterocycles. The predicted octanol–water partition coefficient (Wildman–Crippen LogP) is 3.55. The Morgan fingerprint density at radius 1 is 0.920 bits per heavy atom. The fourth-order valence-electron chi connectivity index (χ4n) is 2.80. The standard InChI is InChI=1S/C19H15NO4S/c1-25(21,22)14-7-5-13(6-8-14)15-10-18-19(24-12-23-18)11-16(15)17-4-2-3-9-20-17/h2-11H,12H2,1H3. The molecule has 0 aliphatic carbocycles. The van der Waals surface area contributed by atoms with Gasteiger partial charge in [0.05, 0.1) is 10.6 Å². The van der Waals surface area contributed by atoms with Gasteiger partial charge in [0.2, 0.25) is 6.79 Å². The lowest BCUT2D eigenvalue weighted by molar-refractivity contribution is 0.174. The van der Waals surface area contributed by atoms with Crippen LogP contribution in [0.3, 0.4) is 0 Å². The van der Waals surface area contributed by atoms with Crippen molar-refractivity contribution in [2.24, 2.45) is 0 Å². The molecule has 4 rings (SSSR count). The van der Waals surface area contributed by atoms with Gasteiger partial charge in [-0.15, -0.1) is 0 Å². The van der Waals surface area contributed by atoms with E-state index in [1.807, 2.05) is 30.3 Å². The van der Waals surface area contributed by atoms with Crippen LogP contribution in [-0.2, 0) is 9.84 Å². The van der Waals surface area contributed by atoms with Gasteiger partial charge in [-0.1, -0.05) is 18.2 Å². The van der Waals surface area contributed by atoms with E-state index in [4.69, 9.17) is 9.47 Å². The number of ether oxygens (including phenoxy) is 2. The predicted molar refractivity (Wildman–Crippen MR) is 94.3 cm³/mol. The quantitative estimate of drug-likeness (QED) is 0.720. The molecule has 1 aromatic heterocycles. The fraction of sp³-hybridized carbons (Fsp3) is 0.105. The molecule has 126 valence electrons. The van der Waals surface area contributed by atoms with Crippen molar-refractivity contribution in [1.82, 2.24) is 4.98 Å². The first-order chi connectivity index (χ1) is 12.0. The van der Waals surface area contributed by atoms with Crippen LogP contribution < -0.4 is 9.47 Å². The summed E-state index contributed by atoms with van der Waals surface area (Å²) < 4.78 is 34.3. The maximum Gasteiger partial charge on any atom is 0.231 e. The number of fused-ring (bicyclic) bond motifs is 1. The highest BCUT2D eigenvalue weighted by atomic mass is 32.2. The van der Waals surface area contributed by atoms with E-state index in [1.165, 1.54) is 6.26 Å². The van der Waals surface area contributed by atoms with Crippen molar-refractivity contribution in [3.63, 3.8) is 0 Å². The smallest absolute Gasteiger partial charge is 0.231 e. The second kappa shape index (κ2) is 5.89. The Morgan fingerprint density at radius 2 is 1.60 bits per heavy atom. The maximum absolute atomic E-state index is 11.7. The van der Waals surface area contributed by atoms with Crippen molar-refractivity contribution in [1.29, 1.82) is 0 Å². The van der Waals surface area contributed by atoms with Gasteiger partial charge in [0, 0.05) is 18.0 Å². The second-order valence-corrected chi connectivity index (χ2v) is 7.78. The highest BCUT2D eigenvalue weighted by Gasteiger charge is 2.20. The molecule has 6 heteroatoms. The number of hydrogen-bond donors (Lipinski definition) is 0. The molecule has 5 nitrogen and oxygen atoms in total. The minimum absolute atomic E-state index is 0.188. The molecule has 0 N–H and O–H groups in total. The van der Waals surface area contributed by atoms with E-state index in [2.05, 4.69) is 4.98 Å². The van der Waals surface area contributed by atoms with Gasteiger partial charge in [0.1, 0.15) is 0 Å². The second-order valence-electron chi connectivity index (χ2n) is 5.76. The zero-order valence-corrected chi connectivity index (χ0v) is 14.3. The molecule has 0 amide bonds. The average molecular weight is 353 g/mol. The summed E-state index contributed by atoms with van der Waals surface area (Å²) in [7, 11) is -3.23. The summed E-state index contributed by atoms with van der Waals surface area (Å²) in [6, 6.07) is 16.3. The zero-order valence-electron chi connectivity index (χ0n) is 13.5. The van der Waals surface area contributed by atoms with E-state index < -0.39 is 9.84 Å². The van der Waals surface area contributed by atoms with Crippen molar-refractivity contribution in [3.05, 3.63) is 60.8 Å². The van der Waals surface area contributed by atoms with E-state index in [-0.39, 0.29) is 11.7 Å². The molecular formula is C19H15NO4S. The summed E-state index contributed by atoms with van der Waals surface area (Å²) in [5.74, 6) is 1.35. The molecule has 0 atom stereocenters. The van der Waals surface area contributed by atoms with Gasteiger partial charge in [-0.25, -0.2) is 8.42 Å². The molecule has 1 aliphatic heterocycles. The Kier molecular flexibility index (Phi) is 3.69. The van der Waals surface area contributed by atoms with Crippen LogP contribution in [0.1, 0.15) is 0 Å². The number of pyridine rings is 1. The van der Waals surface area contributed by atoms with Gasteiger partial charge >= 0.3 is 0 Å². The van der Waals surface area contributed by atoms with E-state index >= 15 is 0 Å². The van der Waals surface area contributed by atoms with Crippen LogP contribution in [0.2, 0.25) is 0 Å². The highest BCUT2D eigenvalue weighted by molar-refractivity contribution is 7.90. The summed E-state index contributed by atoms with van der Waals surface area (Å²) in [5.41, 5.74) is 3.49. The fourth-order valence-corrected chi connectivity index (χ4v) is 3.43. The van der Waals surface area contributed by atoms with Gasteiger partial charge in [-0.05, 0) is 47.5 Å². The van der Waals surface area contributed by atoms with Crippen molar-refractivity contribution in [2.75, 3.05) is 13.0 Å². The molecular weight excluding hydrogens is 338 g/mol. The number of benzene rings is 2. The van der Waals surface area contributed by atoms with E-state index in [0.29, 0.717) is 11.5 Å². The third-order valence-electron chi connectivity index (χ3n) is 4.05. The summed E-state index contributed by atoms with van der Waals surface area (Å²) in [6.07, 6.45) is 2.93. The van der Waals surface area contributed by atoms with Crippen LogP contribution in [0.15, 0.2) is 65.7 Å². The Bertz CT molecular complexity index is 1030. The number of hydrogen-bond acceptors (Lipinski definition) is 5. The summed E-state index contributed by atoms with van der Waals surface area (Å²) >= 11 is 0. The van der Waals surface area contributed by atoms with Crippen LogP contribution in [0.5, 0.6) is 11.5 Å². The Balaban J connectivity index is 1.89. The summed E-state index contributed by atoms with van der Waals surface area (Å²) in [5, 5.41) is 0. The van der Waals surface area contributed by atoms with Crippen LogP contribution in [0, 0.1) is 0 Å². The zero-order chi connectivity index (χ0) is 17.4. The van der Waals surface area contributed by atoms with Crippen LogP contribution in [0.4, 0.5) is 0 Å². The largest absolute Gasteiger partial charge is 0.454 e. The van der Waals surface area contributed by atoms with Gasteiger partial charge in [0.15, 0.2) is 21.3 Å². The van der Waals surface area contributed by atoms with Gasteiger partial charge in [0.25, 0.3) is 0 Å². The molecule has 25 heavy (non-hydrogen) atoms. The Morgan fingerprint density at radius 3 is 2.20 bits per heavy atom. The monoisotopic (exact) mass is 353 g/mol. The molecule has 0 bridgehead atoms. The highest BCUT2D eigenvalue weighted by Crippen LogP contribution is 2.42. The summed E-state index contributed by atoms with van der Waals surface area (Å²) in [6.45, 7) is 0.188. The molecule has 2 heterocycles. The Hall–Kier alpha value is -2.86. The lowest BCUT2D eigenvalue weighted by Crippen LogP contribution is -1.96. The number of aromatic nitrogens is 1. The van der Waals surface area contributed by atoms with Crippen LogP contribution >= 0.6 is 0 Å². The first-order valence-electron chi connectivity index (χ1n) is 7.68. The van der Waals surface area contributed by atoms with Gasteiger partial charge in [-0.3, -0.25) is 4.98 Å². The first-order valence-corrected chi connectivity index (χ1v) is 9.57.